The van der Waals surface area contributed by atoms with Gasteiger partial charge in [-0.2, -0.15) is 0 Å². The largest absolute Gasteiger partial charge is 0.508 e. The predicted octanol–water partition coefficient (Wildman–Crippen LogP) is 1.09. The Morgan fingerprint density at radius 3 is 2.65 bits per heavy atom. The maximum atomic E-state index is 11.5. The standard InChI is InChI=1S/C12H17NO3S/c1-13-12(9-6-7-17(15,16)8-9)10-4-2-3-5-11(10)14/h2-5,9,12-14H,6-8H2,1H3. The van der Waals surface area contributed by atoms with Crippen molar-refractivity contribution in [2.24, 2.45) is 5.92 Å². The molecular formula is C12H17NO3S. The van der Waals surface area contributed by atoms with E-state index in [1.807, 2.05) is 12.1 Å². The lowest BCUT2D eigenvalue weighted by atomic mass is 9.92. The Morgan fingerprint density at radius 2 is 2.12 bits per heavy atom. The van der Waals surface area contributed by atoms with Gasteiger partial charge < -0.3 is 10.4 Å². The lowest BCUT2D eigenvalue weighted by molar-refractivity contribution is 0.392. The van der Waals surface area contributed by atoms with Crippen LogP contribution in [-0.4, -0.2) is 32.1 Å². The van der Waals surface area contributed by atoms with E-state index in [2.05, 4.69) is 5.32 Å². The first-order valence-corrected chi connectivity index (χ1v) is 7.51. The van der Waals surface area contributed by atoms with Crippen LogP contribution in [0, 0.1) is 5.92 Å². The van der Waals surface area contributed by atoms with Gasteiger partial charge in [-0.15, -0.1) is 0 Å². The van der Waals surface area contributed by atoms with E-state index in [0.717, 1.165) is 5.56 Å². The van der Waals surface area contributed by atoms with Crippen LogP contribution in [0.2, 0.25) is 0 Å². The molecule has 0 aromatic heterocycles. The number of aromatic hydroxyl groups is 1. The molecule has 0 amide bonds. The second-order valence-electron chi connectivity index (χ2n) is 4.49. The number of nitrogens with one attached hydrogen (secondary N) is 1. The number of para-hydroxylation sites is 1. The minimum atomic E-state index is -2.89. The van der Waals surface area contributed by atoms with E-state index in [1.165, 1.54) is 0 Å². The van der Waals surface area contributed by atoms with Gasteiger partial charge in [-0.1, -0.05) is 18.2 Å². The Kier molecular flexibility index (Phi) is 3.40. The van der Waals surface area contributed by atoms with Gasteiger partial charge in [0, 0.05) is 11.6 Å². The molecule has 0 bridgehead atoms. The normalized spacial score (nSPS) is 24.6. The zero-order valence-corrected chi connectivity index (χ0v) is 10.6. The van der Waals surface area contributed by atoms with E-state index in [1.54, 1.807) is 19.2 Å². The molecule has 1 fully saturated rings. The third kappa shape index (κ3) is 2.61. The third-order valence-electron chi connectivity index (χ3n) is 3.32. The molecule has 0 saturated carbocycles. The molecular weight excluding hydrogens is 238 g/mol. The van der Waals surface area contributed by atoms with Crippen molar-refractivity contribution in [2.45, 2.75) is 12.5 Å². The molecule has 2 rings (SSSR count). The highest BCUT2D eigenvalue weighted by Crippen LogP contribution is 2.34. The van der Waals surface area contributed by atoms with Crippen LogP contribution in [0.1, 0.15) is 18.0 Å². The average molecular weight is 255 g/mol. The third-order valence-corrected chi connectivity index (χ3v) is 5.12. The Morgan fingerprint density at radius 1 is 1.41 bits per heavy atom. The predicted molar refractivity (Wildman–Crippen MR) is 66.7 cm³/mol. The van der Waals surface area contributed by atoms with Crippen molar-refractivity contribution in [1.82, 2.24) is 5.32 Å². The van der Waals surface area contributed by atoms with Crippen molar-refractivity contribution < 1.29 is 13.5 Å². The van der Waals surface area contributed by atoms with Gasteiger partial charge in [-0.25, -0.2) is 8.42 Å². The summed E-state index contributed by atoms with van der Waals surface area (Å²) in [6.45, 7) is 0. The molecule has 5 heteroatoms. The molecule has 1 aliphatic heterocycles. The molecule has 94 valence electrons. The van der Waals surface area contributed by atoms with Crippen LogP contribution in [-0.2, 0) is 9.84 Å². The van der Waals surface area contributed by atoms with Crippen molar-refractivity contribution in [2.75, 3.05) is 18.6 Å². The zero-order valence-electron chi connectivity index (χ0n) is 9.76. The Labute approximate surface area is 102 Å². The van der Waals surface area contributed by atoms with Crippen LogP contribution in [0.3, 0.4) is 0 Å². The first kappa shape index (κ1) is 12.4. The van der Waals surface area contributed by atoms with E-state index in [9.17, 15) is 13.5 Å². The molecule has 2 atom stereocenters. The minimum absolute atomic E-state index is 0.0401. The fourth-order valence-electron chi connectivity index (χ4n) is 2.48. The lowest BCUT2D eigenvalue weighted by Gasteiger charge is -2.23. The van der Waals surface area contributed by atoms with Crippen LogP contribution in [0.25, 0.3) is 0 Å². The van der Waals surface area contributed by atoms with Gasteiger partial charge in [0.25, 0.3) is 0 Å². The monoisotopic (exact) mass is 255 g/mol. The van der Waals surface area contributed by atoms with E-state index in [-0.39, 0.29) is 29.2 Å². The van der Waals surface area contributed by atoms with Crippen LogP contribution in [0.15, 0.2) is 24.3 Å². The first-order chi connectivity index (χ1) is 8.03. The smallest absolute Gasteiger partial charge is 0.150 e. The van der Waals surface area contributed by atoms with Crippen molar-refractivity contribution >= 4 is 9.84 Å². The van der Waals surface area contributed by atoms with Crippen LogP contribution >= 0.6 is 0 Å². The Hall–Kier alpha value is -1.07. The fourth-order valence-corrected chi connectivity index (χ4v) is 4.32. The molecule has 1 saturated heterocycles. The lowest BCUT2D eigenvalue weighted by Crippen LogP contribution is -2.26. The molecule has 2 N–H and O–H groups in total. The Bertz CT molecular complexity index is 498. The summed E-state index contributed by atoms with van der Waals surface area (Å²) in [7, 11) is -1.10. The summed E-state index contributed by atoms with van der Waals surface area (Å²) < 4.78 is 23.0. The summed E-state index contributed by atoms with van der Waals surface area (Å²) in [5.74, 6) is 0.713. The molecule has 0 aliphatic carbocycles. The molecule has 1 heterocycles. The second-order valence-corrected chi connectivity index (χ2v) is 6.72. The maximum Gasteiger partial charge on any atom is 0.150 e. The number of benzene rings is 1. The number of phenols is 1. The summed E-state index contributed by atoms with van der Waals surface area (Å²) in [6, 6.07) is 6.97. The highest BCUT2D eigenvalue weighted by Gasteiger charge is 2.34. The summed E-state index contributed by atoms with van der Waals surface area (Å²) in [4.78, 5) is 0. The topological polar surface area (TPSA) is 66.4 Å². The molecule has 1 aromatic carbocycles. The fraction of sp³-hybridized carbons (Fsp3) is 0.500. The number of hydrogen-bond acceptors (Lipinski definition) is 4. The number of phenolic OH excluding ortho intramolecular Hbond substituents is 1. The SMILES string of the molecule is CNC(c1ccccc1O)C1CCS(=O)(=O)C1. The molecule has 4 nitrogen and oxygen atoms in total. The molecule has 1 aromatic rings. The van der Waals surface area contributed by atoms with Crippen molar-refractivity contribution in [3.8, 4) is 5.75 Å². The summed E-state index contributed by atoms with van der Waals surface area (Å²) >= 11 is 0. The van der Waals surface area contributed by atoms with E-state index < -0.39 is 9.84 Å². The van der Waals surface area contributed by atoms with Gasteiger partial charge in [0.05, 0.1) is 11.5 Å². The van der Waals surface area contributed by atoms with Gasteiger partial charge in [-0.3, -0.25) is 0 Å². The first-order valence-electron chi connectivity index (χ1n) is 5.69. The van der Waals surface area contributed by atoms with Gasteiger partial charge in [0.2, 0.25) is 0 Å². The molecule has 17 heavy (non-hydrogen) atoms. The minimum Gasteiger partial charge on any atom is -0.508 e. The summed E-state index contributed by atoms with van der Waals surface area (Å²) in [5, 5.41) is 12.9. The number of hydrogen-bond donors (Lipinski definition) is 2. The van der Waals surface area contributed by atoms with Crippen molar-refractivity contribution in [3.05, 3.63) is 29.8 Å². The van der Waals surface area contributed by atoms with Crippen molar-refractivity contribution in [1.29, 1.82) is 0 Å². The summed E-state index contributed by atoms with van der Waals surface area (Å²) in [5.41, 5.74) is 0.775. The van der Waals surface area contributed by atoms with Crippen LogP contribution in [0.5, 0.6) is 5.75 Å². The zero-order chi connectivity index (χ0) is 12.5. The highest BCUT2D eigenvalue weighted by atomic mass is 32.2. The number of sulfone groups is 1. The Balaban J connectivity index is 2.26. The van der Waals surface area contributed by atoms with Gasteiger partial charge in [0.1, 0.15) is 5.75 Å². The highest BCUT2D eigenvalue weighted by molar-refractivity contribution is 7.91. The van der Waals surface area contributed by atoms with Gasteiger partial charge in [-0.05, 0) is 25.5 Å². The maximum absolute atomic E-state index is 11.5. The molecule has 2 unspecified atom stereocenters. The van der Waals surface area contributed by atoms with E-state index in [0.29, 0.717) is 6.42 Å². The molecule has 0 spiro atoms. The van der Waals surface area contributed by atoms with E-state index >= 15 is 0 Å². The second kappa shape index (κ2) is 4.66. The quantitative estimate of drug-likeness (QED) is 0.848. The molecule has 1 aliphatic rings. The van der Waals surface area contributed by atoms with E-state index in [4.69, 9.17) is 0 Å². The van der Waals surface area contributed by atoms with Crippen LogP contribution < -0.4 is 5.32 Å². The average Bonchev–Trinajstić information content (AvgIpc) is 2.63. The van der Waals surface area contributed by atoms with Gasteiger partial charge >= 0.3 is 0 Å². The molecule has 0 radical (unpaired) electrons. The van der Waals surface area contributed by atoms with Crippen molar-refractivity contribution in [3.63, 3.8) is 0 Å². The summed E-state index contributed by atoms with van der Waals surface area (Å²) in [6.07, 6.45) is 0.655. The van der Waals surface area contributed by atoms with Crippen LogP contribution in [0.4, 0.5) is 0 Å². The van der Waals surface area contributed by atoms with Gasteiger partial charge in [0.15, 0.2) is 9.84 Å². The number of rotatable bonds is 3.